The van der Waals surface area contributed by atoms with E-state index in [9.17, 15) is 45.6 Å². The molecule has 14 nitrogen and oxygen atoms in total. The molecule has 14 heteroatoms. The highest BCUT2D eigenvalue weighted by Crippen LogP contribution is 2.30. The standard InChI is InChI=1S/C60H105NO13/c1-3-5-7-9-11-12-13-14-15-16-17-18-19-20-21-22-23-24-25-26-27-28-29-30-31-32-33-34-35-36-38-40-42-44-52(65)61-48(49(64)43-41-39-37-10-8-6-4-2)47-71-59-57(70)55(68)58(51(46-63)73-59)74-60-56(69)54(67)53(66)50(45-62)72-60/h5,7,11-12,14-15,17-18,20-21,23-24,48-51,53-60,62-64,66-70H,3-4,6,8-10,13,16,19,22,25-47H2,1-2H3,(H,61,65)/b7-5-,12-11-,15-14-,18-17-,21-20-,24-23-. The number of aliphatic hydroxyl groups is 8. The smallest absolute Gasteiger partial charge is 0.220 e. The first-order valence-electron chi connectivity index (χ1n) is 29.2. The normalized spacial score (nSPS) is 25.8. The molecule has 0 bridgehead atoms. The van der Waals surface area contributed by atoms with Crippen LogP contribution in [0, 0.1) is 0 Å². The van der Waals surface area contributed by atoms with Gasteiger partial charge in [0.1, 0.15) is 48.8 Å². The van der Waals surface area contributed by atoms with Gasteiger partial charge >= 0.3 is 0 Å². The Morgan fingerprint density at radius 2 is 0.932 bits per heavy atom. The average molecular weight is 1050 g/mol. The number of nitrogens with one attached hydrogen (secondary N) is 1. The van der Waals surface area contributed by atoms with Crippen molar-refractivity contribution in [3.8, 4) is 0 Å². The predicted octanol–water partition coefficient (Wildman–Crippen LogP) is 9.55. The van der Waals surface area contributed by atoms with Crippen LogP contribution < -0.4 is 5.32 Å². The van der Waals surface area contributed by atoms with Gasteiger partial charge in [0.15, 0.2) is 12.6 Å². The number of ether oxygens (including phenoxy) is 4. The Balaban J connectivity index is 1.59. The molecule has 9 N–H and O–H groups in total. The highest BCUT2D eigenvalue weighted by Gasteiger charge is 2.51. The van der Waals surface area contributed by atoms with E-state index in [1.807, 2.05) is 0 Å². The molecular weight excluding hydrogens is 943 g/mol. The van der Waals surface area contributed by atoms with Gasteiger partial charge in [-0.2, -0.15) is 0 Å². The number of allylic oxidation sites excluding steroid dienone is 12. The van der Waals surface area contributed by atoms with Crippen molar-refractivity contribution in [3.05, 3.63) is 72.9 Å². The molecule has 12 unspecified atom stereocenters. The molecular formula is C60H105NO13. The lowest BCUT2D eigenvalue weighted by Gasteiger charge is -2.46. The molecule has 74 heavy (non-hydrogen) atoms. The quantitative estimate of drug-likeness (QED) is 0.0205. The highest BCUT2D eigenvalue weighted by molar-refractivity contribution is 5.76. The number of amides is 1. The van der Waals surface area contributed by atoms with Crippen molar-refractivity contribution >= 4 is 5.91 Å². The maximum atomic E-state index is 13.2. The Labute approximate surface area is 447 Å². The molecule has 0 aromatic rings. The van der Waals surface area contributed by atoms with Gasteiger partial charge in [-0.15, -0.1) is 0 Å². The molecule has 0 saturated carbocycles. The fourth-order valence-corrected chi connectivity index (χ4v) is 9.24. The van der Waals surface area contributed by atoms with E-state index in [1.54, 1.807) is 0 Å². The maximum Gasteiger partial charge on any atom is 0.220 e. The van der Waals surface area contributed by atoms with Crippen LogP contribution in [0.4, 0.5) is 0 Å². The molecule has 2 saturated heterocycles. The number of hydrogen-bond donors (Lipinski definition) is 9. The van der Waals surface area contributed by atoms with Crippen LogP contribution in [0.3, 0.4) is 0 Å². The molecule has 0 radical (unpaired) electrons. The van der Waals surface area contributed by atoms with Gasteiger partial charge in [-0.3, -0.25) is 4.79 Å². The van der Waals surface area contributed by atoms with Crippen LogP contribution in [0.15, 0.2) is 72.9 Å². The van der Waals surface area contributed by atoms with Crippen LogP contribution in [-0.4, -0.2) is 140 Å². The van der Waals surface area contributed by atoms with E-state index in [1.165, 1.54) is 83.5 Å². The van der Waals surface area contributed by atoms with E-state index in [0.717, 1.165) is 96.3 Å². The number of carbonyl (C=O) groups is 1. The molecule has 2 heterocycles. The van der Waals surface area contributed by atoms with Gasteiger partial charge in [0.05, 0.1) is 32.0 Å². The van der Waals surface area contributed by atoms with Crippen molar-refractivity contribution in [1.29, 1.82) is 0 Å². The summed E-state index contributed by atoms with van der Waals surface area (Å²) in [5, 5.41) is 86.8. The van der Waals surface area contributed by atoms with Crippen LogP contribution in [0.25, 0.3) is 0 Å². The Morgan fingerprint density at radius 1 is 0.500 bits per heavy atom. The van der Waals surface area contributed by atoms with Crippen molar-refractivity contribution in [1.82, 2.24) is 5.32 Å². The van der Waals surface area contributed by atoms with Gasteiger partial charge in [0.2, 0.25) is 5.91 Å². The summed E-state index contributed by atoms with van der Waals surface area (Å²) in [4.78, 5) is 13.2. The maximum absolute atomic E-state index is 13.2. The summed E-state index contributed by atoms with van der Waals surface area (Å²) in [5.74, 6) is -0.214. The number of unbranched alkanes of at least 4 members (excludes halogenated alkanes) is 20. The first kappa shape index (κ1) is 67.5. The number of rotatable bonds is 45. The van der Waals surface area contributed by atoms with Gasteiger partial charge in [0.25, 0.3) is 0 Å². The van der Waals surface area contributed by atoms with Crippen LogP contribution in [0.2, 0.25) is 0 Å². The molecule has 0 aromatic carbocycles. The Morgan fingerprint density at radius 3 is 1.43 bits per heavy atom. The Bertz CT molecular complexity index is 1520. The monoisotopic (exact) mass is 1050 g/mol. The van der Waals surface area contributed by atoms with E-state index < -0.39 is 86.8 Å². The van der Waals surface area contributed by atoms with Crippen LogP contribution in [0.5, 0.6) is 0 Å². The number of hydrogen-bond acceptors (Lipinski definition) is 13. The van der Waals surface area contributed by atoms with Crippen molar-refractivity contribution in [2.75, 3.05) is 19.8 Å². The minimum Gasteiger partial charge on any atom is -0.394 e. The van der Waals surface area contributed by atoms with Crippen molar-refractivity contribution < 1.29 is 64.6 Å². The SMILES string of the molecule is CC/C=C\C/C=C\C/C=C\C/C=C\C/C=C\C/C=C\CCCCCCCCCCCCCCCCC(=O)NC(COC1OC(CO)C(OC2OC(CO)C(O)C(O)C2O)C(O)C1O)C(O)CCCCCCCCC. The van der Waals surface area contributed by atoms with Crippen molar-refractivity contribution in [2.24, 2.45) is 0 Å². The Hall–Kier alpha value is -2.57. The summed E-state index contributed by atoms with van der Waals surface area (Å²) in [6.45, 7) is 2.67. The minimum absolute atomic E-state index is 0.214. The minimum atomic E-state index is -1.78. The second-order valence-electron chi connectivity index (χ2n) is 20.4. The molecule has 428 valence electrons. The van der Waals surface area contributed by atoms with Gasteiger partial charge in [-0.1, -0.05) is 209 Å². The second kappa shape index (κ2) is 45.4. The second-order valence-corrected chi connectivity index (χ2v) is 20.4. The molecule has 0 spiro atoms. The van der Waals surface area contributed by atoms with Gasteiger partial charge in [0, 0.05) is 6.42 Å². The largest absolute Gasteiger partial charge is 0.394 e. The first-order valence-corrected chi connectivity index (χ1v) is 29.2. The van der Waals surface area contributed by atoms with Crippen molar-refractivity contribution in [2.45, 2.75) is 280 Å². The van der Waals surface area contributed by atoms with E-state index in [-0.39, 0.29) is 12.5 Å². The molecule has 12 atom stereocenters. The summed E-state index contributed by atoms with van der Waals surface area (Å²) in [7, 11) is 0. The van der Waals surface area contributed by atoms with Gasteiger partial charge in [-0.05, 0) is 64.2 Å². The Kier molecular flexibility index (Phi) is 41.5. The van der Waals surface area contributed by atoms with Gasteiger partial charge < -0.3 is 65.1 Å². The molecule has 0 aliphatic carbocycles. The lowest BCUT2D eigenvalue weighted by atomic mass is 9.97. The fourth-order valence-electron chi connectivity index (χ4n) is 9.24. The first-order chi connectivity index (χ1) is 36.1. The lowest BCUT2D eigenvalue weighted by Crippen LogP contribution is -2.65. The van der Waals surface area contributed by atoms with E-state index in [0.29, 0.717) is 12.8 Å². The fraction of sp³-hybridized carbons (Fsp3) is 0.783. The molecule has 1 amide bonds. The predicted molar refractivity (Wildman–Crippen MR) is 295 cm³/mol. The van der Waals surface area contributed by atoms with Crippen LogP contribution in [0.1, 0.15) is 206 Å². The van der Waals surface area contributed by atoms with E-state index in [2.05, 4.69) is 92.1 Å². The van der Waals surface area contributed by atoms with Crippen LogP contribution >= 0.6 is 0 Å². The van der Waals surface area contributed by atoms with E-state index >= 15 is 0 Å². The zero-order valence-corrected chi connectivity index (χ0v) is 45.8. The third-order valence-corrected chi connectivity index (χ3v) is 13.9. The number of carbonyl (C=O) groups excluding carboxylic acids is 1. The topological polar surface area (TPSA) is 228 Å². The molecule has 2 aliphatic heterocycles. The molecule has 2 aliphatic rings. The number of aliphatic hydroxyl groups excluding tert-OH is 8. The molecule has 0 aromatic heterocycles. The third kappa shape index (κ3) is 31.0. The average Bonchev–Trinajstić information content (AvgIpc) is 3.40. The van der Waals surface area contributed by atoms with Crippen LogP contribution in [-0.2, 0) is 23.7 Å². The summed E-state index contributed by atoms with van der Waals surface area (Å²) in [5.41, 5.74) is 0. The molecule has 2 fully saturated rings. The van der Waals surface area contributed by atoms with Crippen molar-refractivity contribution in [3.63, 3.8) is 0 Å². The lowest BCUT2D eigenvalue weighted by molar-refractivity contribution is -0.359. The van der Waals surface area contributed by atoms with E-state index in [4.69, 9.17) is 18.9 Å². The summed E-state index contributed by atoms with van der Waals surface area (Å²) >= 11 is 0. The zero-order chi connectivity index (χ0) is 53.9. The summed E-state index contributed by atoms with van der Waals surface area (Å²) in [6.07, 6.45) is 42.4. The third-order valence-electron chi connectivity index (χ3n) is 13.9. The highest BCUT2D eigenvalue weighted by atomic mass is 16.7. The molecule has 2 rings (SSSR count). The van der Waals surface area contributed by atoms with Gasteiger partial charge in [-0.25, -0.2) is 0 Å². The summed E-state index contributed by atoms with van der Waals surface area (Å²) in [6, 6.07) is -0.829. The summed E-state index contributed by atoms with van der Waals surface area (Å²) < 4.78 is 22.7. The zero-order valence-electron chi connectivity index (χ0n) is 45.8.